The van der Waals surface area contributed by atoms with Gasteiger partial charge in [0.05, 0.1) is 12.7 Å². The van der Waals surface area contributed by atoms with Crippen LogP contribution in [0.2, 0.25) is 0 Å². The number of esters is 1. The highest BCUT2D eigenvalue weighted by Gasteiger charge is 2.14. The lowest BCUT2D eigenvalue weighted by molar-refractivity contribution is -0.115. The molecule has 130 valence electrons. The predicted molar refractivity (Wildman–Crippen MR) is 92.1 cm³/mol. The molecule has 2 aromatic rings. The van der Waals surface area contributed by atoms with Crippen LogP contribution in [-0.4, -0.2) is 32.3 Å². The van der Waals surface area contributed by atoms with Gasteiger partial charge < -0.3 is 24.8 Å². The van der Waals surface area contributed by atoms with Crippen molar-refractivity contribution in [2.24, 2.45) is 0 Å². The third-order valence-electron chi connectivity index (χ3n) is 3.64. The second-order valence-corrected chi connectivity index (χ2v) is 5.36. The summed E-state index contributed by atoms with van der Waals surface area (Å²) in [5, 5.41) is 5.94. The fourth-order valence-corrected chi connectivity index (χ4v) is 2.36. The van der Waals surface area contributed by atoms with Crippen molar-refractivity contribution in [3.63, 3.8) is 0 Å². The molecule has 7 nitrogen and oxygen atoms in total. The van der Waals surface area contributed by atoms with Gasteiger partial charge in [0.25, 0.3) is 0 Å². The Morgan fingerprint density at radius 2 is 1.76 bits per heavy atom. The van der Waals surface area contributed by atoms with Crippen LogP contribution in [-0.2, 0) is 9.53 Å². The minimum atomic E-state index is -0.380. The Kier molecular flexibility index (Phi) is 5.03. The Labute approximate surface area is 144 Å². The molecule has 0 aromatic heterocycles. The fourth-order valence-electron chi connectivity index (χ4n) is 2.36. The number of hydrogen-bond acceptors (Lipinski definition) is 6. The molecular weight excluding hydrogens is 324 g/mol. The average molecular weight is 342 g/mol. The highest BCUT2D eigenvalue weighted by atomic mass is 16.7. The van der Waals surface area contributed by atoms with Gasteiger partial charge in [0.15, 0.2) is 11.5 Å². The van der Waals surface area contributed by atoms with E-state index in [0.29, 0.717) is 35.7 Å². The van der Waals surface area contributed by atoms with Crippen LogP contribution >= 0.6 is 0 Å². The molecule has 1 amide bonds. The van der Waals surface area contributed by atoms with Crippen molar-refractivity contribution < 1.29 is 23.8 Å². The van der Waals surface area contributed by atoms with Crippen LogP contribution in [0.5, 0.6) is 11.5 Å². The highest BCUT2D eigenvalue weighted by molar-refractivity contribution is 5.91. The molecule has 2 N–H and O–H groups in total. The van der Waals surface area contributed by atoms with Gasteiger partial charge in [-0.25, -0.2) is 4.79 Å². The molecule has 2 aromatic carbocycles. The molecule has 0 saturated heterocycles. The van der Waals surface area contributed by atoms with E-state index in [4.69, 9.17) is 9.47 Å². The van der Waals surface area contributed by atoms with Crippen molar-refractivity contribution in [2.75, 3.05) is 31.1 Å². The van der Waals surface area contributed by atoms with Gasteiger partial charge >= 0.3 is 5.97 Å². The first-order valence-electron chi connectivity index (χ1n) is 7.77. The Morgan fingerprint density at radius 1 is 1.04 bits per heavy atom. The van der Waals surface area contributed by atoms with Crippen molar-refractivity contribution in [1.82, 2.24) is 0 Å². The molecule has 1 aliphatic rings. The van der Waals surface area contributed by atoms with E-state index in [0.717, 1.165) is 5.69 Å². The van der Waals surface area contributed by atoms with Gasteiger partial charge in [0.2, 0.25) is 12.7 Å². The van der Waals surface area contributed by atoms with Gasteiger partial charge in [-0.05, 0) is 36.4 Å². The monoisotopic (exact) mass is 342 g/mol. The number of benzene rings is 2. The van der Waals surface area contributed by atoms with E-state index < -0.39 is 0 Å². The molecule has 7 heteroatoms. The Bertz CT molecular complexity index is 774. The van der Waals surface area contributed by atoms with Gasteiger partial charge in [-0.15, -0.1) is 0 Å². The van der Waals surface area contributed by atoms with E-state index in [2.05, 4.69) is 15.4 Å². The summed E-state index contributed by atoms with van der Waals surface area (Å²) in [6, 6.07) is 12.1. The number of methoxy groups -OCH3 is 1. The van der Waals surface area contributed by atoms with Gasteiger partial charge in [0.1, 0.15) is 0 Å². The standard InChI is InChI=1S/C18H18N2O5/c1-23-18(22)12-2-4-13(5-3-12)19-9-8-17(21)20-14-6-7-15-16(10-14)25-11-24-15/h2-7,10,19H,8-9,11H2,1H3,(H,20,21). The maximum absolute atomic E-state index is 12.0. The van der Waals surface area contributed by atoms with Gasteiger partial charge in [-0.1, -0.05) is 0 Å². The van der Waals surface area contributed by atoms with Gasteiger partial charge in [-0.2, -0.15) is 0 Å². The topological polar surface area (TPSA) is 85.9 Å². The van der Waals surface area contributed by atoms with E-state index in [-0.39, 0.29) is 18.7 Å². The number of carbonyl (C=O) groups is 2. The molecule has 0 atom stereocenters. The van der Waals surface area contributed by atoms with Crippen LogP contribution in [0.15, 0.2) is 42.5 Å². The number of amides is 1. The van der Waals surface area contributed by atoms with Gasteiger partial charge in [0, 0.05) is 30.4 Å². The summed E-state index contributed by atoms with van der Waals surface area (Å²) in [6.45, 7) is 0.666. The lowest BCUT2D eigenvalue weighted by atomic mass is 10.2. The van der Waals surface area contributed by atoms with Crippen molar-refractivity contribution in [3.05, 3.63) is 48.0 Å². The minimum absolute atomic E-state index is 0.113. The number of anilines is 2. The molecule has 1 heterocycles. The summed E-state index contributed by atoms with van der Waals surface area (Å²) in [6.07, 6.45) is 0.299. The third kappa shape index (κ3) is 4.20. The largest absolute Gasteiger partial charge is 0.465 e. The van der Waals surface area contributed by atoms with Crippen LogP contribution < -0.4 is 20.1 Å². The number of hydrogen-bond donors (Lipinski definition) is 2. The second-order valence-electron chi connectivity index (χ2n) is 5.36. The van der Waals surface area contributed by atoms with Crippen molar-refractivity contribution in [1.29, 1.82) is 0 Å². The maximum Gasteiger partial charge on any atom is 0.337 e. The maximum atomic E-state index is 12.0. The minimum Gasteiger partial charge on any atom is -0.465 e. The summed E-state index contributed by atoms with van der Waals surface area (Å²) >= 11 is 0. The molecule has 0 aliphatic carbocycles. The first kappa shape index (κ1) is 16.6. The molecule has 25 heavy (non-hydrogen) atoms. The van der Waals surface area contributed by atoms with Crippen molar-refractivity contribution in [3.8, 4) is 11.5 Å². The lowest BCUT2D eigenvalue weighted by Gasteiger charge is -2.08. The van der Waals surface area contributed by atoms with E-state index in [1.165, 1.54) is 7.11 Å². The summed E-state index contributed by atoms with van der Waals surface area (Å²) in [7, 11) is 1.34. The zero-order chi connectivity index (χ0) is 17.6. The molecule has 0 radical (unpaired) electrons. The molecule has 0 fully saturated rings. The van der Waals surface area contributed by atoms with Crippen LogP contribution in [0.25, 0.3) is 0 Å². The Balaban J connectivity index is 1.45. The number of carbonyl (C=O) groups excluding carboxylic acids is 2. The first-order chi connectivity index (χ1) is 12.2. The fraction of sp³-hybridized carbons (Fsp3) is 0.222. The molecule has 0 spiro atoms. The first-order valence-corrected chi connectivity index (χ1v) is 7.77. The number of nitrogens with one attached hydrogen (secondary N) is 2. The normalized spacial score (nSPS) is 11.7. The van der Waals surface area contributed by atoms with Crippen LogP contribution in [0.4, 0.5) is 11.4 Å². The van der Waals surface area contributed by atoms with E-state index in [9.17, 15) is 9.59 Å². The van der Waals surface area contributed by atoms with E-state index in [1.54, 1.807) is 42.5 Å². The van der Waals surface area contributed by atoms with E-state index >= 15 is 0 Å². The number of fused-ring (bicyclic) bond motifs is 1. The molecule has 0 unspecified atom stereocenters. The van der Waals surface area contributed by atoms with E-state index in [1.807, 2.05) is 0 Å². The quantitative estimate of drug-likeness (QED) is 0.785. The molecule has 3 rings (SSSR count). The Morgan fingerprint density at radius 3 is 2.52 bits per heavy atom. The van der Waals surface area contributed by atoms with Crippen LogP contribution in [0, 0.1) is 0 Å². The summed E-state index contributed by atoms with van der Waals surface area (Å²) in [5.74, 6) is 0.809. The molecular formula is C18H18N2O5. The second kappa shape index (κ2) is 7.57. The summed E-state index contributed by atoms with van der Waals surface area (Å²) in [4.78, 5) is 23.4. The molecule has 0 bridgehead atoms. The van der Waals surface area contributed by atoms with Crippen LogP contribution in [0.3, 0.4) is 0 Å². The van der Waals surface area contributed by atoms with Crippen molar-refractivity contribution in [2.45, 2.75) is 6.42 Å². The third-order valence-corrected chi connectivity index (χ3v) is 3.64. The molecule has 1 aliphatic heterocycles. The smallest absolute Gasteiger partial charge is 0.337 e. The lowest BCUT2D eigenvalue weighted by Crippen LogP contribution is -2.16. The van der Waals surface area contributed by atoms with Gasteiger partial charge in [-0.3, -0.25) is 4.79 Å². The van der Waals surface area contributed by atoms with Crippen molar-refractivity contribution >= 4 is 23.3 Å². The summed E-state index contributed by atoms with van der Waals surface area (Å²) in [5.41, 5.74) is 1.97. The molecule has 0 saturated carbocycles. The number of rotatable bonds is 6. The zero-order valence-electron chi connectivity index (χ0n) is 13.7. The average Bonchev–Trinajstić information content (AvgIpc) is 3.09. The Hall–Kier alpha value is -3.22. The predicted octanol–water partition coefficient (Wildman–Crippen LogP) is 2.64. The highest BCUT2D eigenvalue weighted by Crippen LogP contribution is 2.34. The SMILES string of the molecule is COC(=O)c1ccc(NCCC(=O)Nc2ccc3c(c2)OCO3)cc1. The van der Waals surface area contributed by atoms with Crippen LogP contribution in [0.1, 0.15) is 16.8 Å². The summed E-state index contributed by atoms with van der Waals surface area (Å²) < 4.78 is 15.1. The zero-order valence-corrected chi connectivity index (χ0v) is 13.7. The number of ether oxygens (including phenoxy) is 3.